The Morgan fingerprint density at radius 2 is 1.88 bits per heavy atom. The minimum atomic E-state index is -0.598. The zero-order valence-electron chi connectivity index (χ0n) is 14.2. The zero-order chi connectivity index (χ0) is 18.4. The predicted octanol–water partition coefficient (Wildman–Crippen LogP) is 2.66. The molecule has 0 bridgehead atoms. The molecule has 7 nitrogen and oxygen atoms in total. The van der Waals surface area contributed by atoms with Gasteiger partial charge in [-0.3, -0.25) is 24.3 Å². The lowest BCUT2D eigenvalue weighted by atomic mass is 9.97. The number of pyridine rings is 1. The molecule has 1 aromatic heterocycles. The van der Waals surface area contributed by atoms with Crippen molar-refractivity contribution in [2.45, 2.75) is 32.9 Å². The Bertz CT molecular complexity index is 799. The fourth-order valence-electron chi connectivity index (χ4n) is 2.58. The van der Waals surface area contributed by atoms with Gasteiger partial charge in [-0.2, -0.15) is 0 Å². The van der Waals surface area contributed by atoms with Crippen LogP contribution in [0.1, 0.15) is 31.9 Å². The van der Waals surface area contributed by atoms with E-state index in [-0.39, 0.29) is 24.2 Å². The number of rotatable bonds is 7. The van der Waals surface area contributed by atoms with Crippen LogP contribution in [0, 0.1) is 16.0 Å². The quantitative estimate of drug-likeness (QED) is 0.618. The molecule has 25 heavy (non-hydrogen) atoms. The summed E-state index contributed by atoms with van der Waals surface area (Å²) in [4.78, 5) is 34.4. The molecule has 0 saturated carbocycles. The van der Waals surface area contributed by atoms with Crippen LogP contribution in [-0.4, -0.2) is 15.4 Å². The summed E-state index contributed by atoms with van der Waals surface area (Å²) >= 11 is 0. The Morgan fingerprint density at radius 1 is 1.20 bits per heavy atom. The average Bonchev–Trinajstić information content (AvgIpc) is 2.56. The number of amides is 1. The van der Waals surface area contributed by atoms with Crippen molar-refractivity contribution in [2.24, 2.45) is 5.92 Å². The van der Waals surface area contributed by atoms with Crippen LogP contribution in [0.25, 0.3) is 0 Å². The highest BCUT2D eigenvalue weighted by molar-refractivity contribution is 5.76. The van der Waals surface area contributed by atoms with Gasteiger partial charge >= 0.3 is 0 Å². The first kappa shape index (κ1) is 18.4. The number of carbonyl (C=O) groups excluding carboxylic acids is 1. The molecule has 0 radical (unpaired) electrons. The van der Waals surface area contributed by atoms with Gasteiger partial charge in [0.2, 0.25) is 5.91 Å². The van der Waals surface area contributed by atoms with Gasteiger partial charge in [0, 0.05) is 12.1 Å². The molecule has 2 rings (SSSR count). The van der Waals surface area contributed by atoms with Crippen LogP contribution in [0.4, 0.5) is 5.69 Å². The second-order valence-corrected chi connectivity index (χ2v) is 6.27. The molecule has 1 atom stereocenters. The maximum absolute atomic E-state index is 12.4. The molecule has 7 heteroatoms. The van der Waals surface area contributed by atoms with Crippen molar-refractivity contribution in [3.8, 4) is 0 Å². The maximum Gasteiger partial charge on any atom is 0.285 e. The molecular formula is C18H21N3O4. The standard InChI is InChI=1S/C18H21N3O4/c1-13(2)10-16(14-6-4-3-5-7-14)19-17(22)12-20-11-15(21(24)25)8-9-18(20)23/h3-9,11,13,16H,10,12H2,1-2H3,(H,19,22). The van der Waals surface area contributed by atoms with Crippen molar-refractivity contribution in [1.29, 1.82) is 0 Å². The highest BCUT2D eigenvalue weighted by atomic mass is 16.6. The molecule has 1 N–H and O–H groups in total. The second-order valence-electron chi connectivity index (χ2n) is 6.27. The topological polar surface area (TPSA) is 94.2 Å². The van der Waals surface area contributed by atoms with E-state index in [2.05, 4.69) is 19.2 Å². The summed E-state index contributed by atoms with van der Waals surface area (Å²) in [5.74, 6) is 0.00291. The van der Waals surface area contributed by atoms with Gasteiger partial charge < -0.3 is 5.32 Å². The average molecular weight is 343 g/mol. The Morgan fingerprint density at radius 3 is 2.48 bits per heavy atom. The molecule has 0 aliphatic heterocycles. The lowest BCUT2D eigenvalue weighted by Crippen LogP contribution is -2.35. The van der Waals surface area contributed by atoms with Crippen LogP contribution in [0.5, 0.6) is 0 Å². The minimum absolute atomic E-state index is 0.178. The molecule has 1 unspecified atom stereocenters. The lowest BCUT2D eigenvalue weighted by molar-refractivity contribution is -0.385. The summed E-state index contributed by atoms with van der Waals surface area (Å²) in [6.45, 7) is 3.86. The molecule has 0 fully saturated rings. The first-order chi connectivity index (χ1) is 11.9. The second kappa shape index (κ2) is 8.23. The van der Waals surface area contributed by atoms with Gasteiger partial charge in [0.1, 0.15) is 6.54 Å². The van der Waals surface area contributed by atoms with Crippen LogP contribution in [-0.2, 0) is 11.3 Å². The summed E-state index contributed by atoms with van der Waals surface area (Å²) in [6.07, 6.45) is 1.83. The fraction of sp³-hybridized carbons (Fsp3) is 0.333. The Hall–Kier alpha value is -2.96. The predicted molar refractivity (Wildman–Crippen MR) is 94.1 cm³/mol. The van der Waals surface area contributed by atoms with Gasteiger partial charge in [-0.1, -0.05) is 44.2 Å². The highest BCUT2D eigenvalue weighted by Gasteiger charge is 2.17. The van der Waals surface area contributed by atoms with Crippen LogP contribution < -0.4 is 10.9 Å². The zero-order valence-corrected chi connectivity index (χ0v) is 14.2. The number of nitrogens with one attached hydrogen (secondary N) is 1. The van der Waals surface area contributed by atoms with Crippen LogP contribution in [0.15, 0.2) is 53.5 Å². The van der Waals surface area contributed by atoms with E-state index in [0.29, 0.717) is 5.92 Å². The summed E-state index contributed by atoms with van der Waals surface area (Å²) in [6, 6.07) is 11.6. The molecule has 2 aromatic rings. The number of hydrogen-bond acceptors (Lipinski definition) is 4. The molecule has 0 spiro atoms. The summed E-state index contributed by atoms with van der Waals surface area (Å²) in [5, 5.41) is 13.7. The van der Waals surface area contributed by atoms with Crippen molar-refractivity contribution in [1.82, 2.24) is 9.88 Å². The van der Waals surface area contributed by atoms with E-state index in [4.69, 9.17) is 0 Å². The van der Waals surface area contributed by atoms with Crippen LogP contribution in [0.3, 0.4) is 0 Å². The van der Waals surface area contributed by atoms with Gasteiger partial charge in [0.05, 0.1) is 17.2 Å². The third-order valence-corrected chi connectivity index (χ3v) is 3.74. The lowest BCUT2D eigenvalue weighted by Gasteiger charge is -2.21. The van der Waals surface area contributed by atoms with E-state index in [0.717, 1.165) is 34.9 Å². The summed E-state index contributed by atoms with van der Waals surface area (Å²) in [5.41, 5.74) is 0.297. The van der Waals surface area contributed by atoms with Gasteiger partial charge in [-0.25, -0.2) is 0 Å². The smallest absolute Gasteiger partial charge is 0.285 e. The van der Waals surface area contributed by atoms with E-state index in [9.17, 15) is 19.7 Å². The van der Waals surface area contributed by atoms with E-state index >= 15 is 0 Å². The first-order valence-corrected chi connectivity index (χ1v) is 8.06. The Balaban J connectivity index is 2.15. The molecule has 132 valence electrons. The normalized spacial score (nSPS) is 12.0. The largest absolute Gasteiger partial charge is 0.348 e. The summed E-state index contributed by atoms with van der Waals surface area (Å²) < 4.78 is 1.05. The van der Waals surface area contributed by atoms with E-state index in [1.165, 1.54) is 0 Å². The molecule has 0 saturated heterocycles. The third kappa shape index (κ3) is 5.27. The van der Waals surface area contributed by atoms with Gasteiger partial charge in [0.15, 0.2) is 0 Å². The van der Waals surface area contributed by atoms with Crippen molar-refractivity contribution in [3.05, 3.63) is 74.7 Å². The third-order valence-electron chi connectivity index (χ3n) is 3.74. The molecule has 0 aliphatic rings. The van der Waals surface area contributed by atoms with Crippen molar-refractivity contribution < 1.29 is 9.72 Å². The SMILES string of the molecule is CC(C)CC(NC(=O)Cn1cc([N+](=O)[O-])ccc1=O)c1ccccc1. The number of aromatic nitrogens is 1. The maximum atomic E-state index is 12.4. The molecule has 1 aromatic carbocycles. The highest BCUT2D eigenvalue weighted by Crippen LogP contribution is 2.21. The van der Waals surface area contributed by atoms with Crippen LogP contribution >= 0.6 is 0 Å². The van der Waals surface area contributed by atoms with Crippen LogP contribution in [0.2, 0.25) is 0 Å². The first-order valence-electron chi connectivity index (χ1n) is 8.06. The number of hydrogen-bond donors (Lipinski definition) is 1. The van der Waals surface area contributed by atoms with Gasteiger partial charge in [0.25, 0.3) is 11.2 Å². The fourth-order valence-corrected chi connectivity index (χ4v) is 2.58. The van der Waals surface area contributed by atoms with Crippen molar-refractivity contribution >= 4 is 11.6 Å². The van der Waals surface area contributed by atoms with Crippen molar-refractivity contribution in [3.63, 3.8) is 0 Å². The number of nitro groups is 1. The monoisotopic (exact) mass is 343 g/mol. The number of benzene rings is 1. The Labute approximate surface area is 145 Å². The number of nitrogens with zero attached hydrogens (tertiary/aromatic N) is 2. The van der Waals surface area contributed by atoms with Gasteiger partial charge in [-0.15, -0.1) is 0 Å². The van der Waals surface area contributed by atoms with Gasteiger partial charge in [-0.05, 0) is 17.9 Å². The Kier molecular flexibility index (Phi) is 6.05. The van der Waals surface area contributed by atoms with Crippen molar-refractivity contribution in [2.75, 3.05) is 0 Å². The number of carbonyl (C=O) groups is 1. The van der Waals surface area contributed by atoms with E-state index in [1.807, 2.05) is 30.3 Å². The van der Waals surface area contributed by atoms with E-state index < -0.39 is 10.5 Å². The molecule has 0 aliphatic carbocycles. The summed E-state index contributed by atoms with van der Waals surface area (Å²) in [7, 11) is 0. The van der Waals surface area contributed by atoms with E-state index in [1.54, 1.807) is 0 Å². The molecule has 1 amide bonds. The minimum Gasteiger partial charge on any atom is -0.348 e. The molecular weight excluding hydrogens is 322 g/mol. The molecule has 1 heterocycles.